The number of ether oxygens (including phenoxy) is 2. The molecule has 386 valence electrons. The summed E-state index contributed by atoms with van der Waals surface area (Å²) in [6, 6.07) is 0. The lowest BCUT2D eigenvalue weighted by Crippen LogP contribution is -2.37. The maximum absolute atomic E-state index is 12.8. The fourth-order valence-electron chi connectivity index (χ4n) is 7.05. The monoisotopic (exact) mass is 959 g/mol. The number of carbonyl (C=O) groups excluding carboxylic acids is 2. The fourth-order valence-corrected chi connectivity index (χ4v) is 7.80. The maximum atomic E-state index is 12.8. The molecule has 0 aliphatic heterocycles. The van der Waals surface area contributed by atoms with Gasteiger partial charge in [0, 0.05) is 12.8 Å². The highest BCUT2D eigenvalue weighted by Gasteiger charge is 2.27. The number of hydrogen-bond donors (Lipinski definition) is 1. The van der Waals surface area contributed by atoms with Crippen molar-refractivity contribution in [2.24, 2.45) is 0 Å². The highest BCUT2D eigenvalue weighted by molar-refractivity contribution is 7.47. The van der Waals surface area contributed by atoms with Crippen molar-refractivity contribution in [3.05, 3.63) is 85.1 Å². The second kappa shape index (κ2) is 48.2. The van der Waals surface area contributed by atoms with Crippen LogP contribution in [0.25, 0.3) is 0 Å². The number of esters is 2. The van der Waals surface area contributed by atoms with Crippen molar-refractivity contribution in [1.82, 2.24) is 0 Å². The number of likely N-dealkylation sites (N-methyl/N-ethyl adjacent to an activating group) is 1. The van der Waals surface area contributed by atoms with Gasteiger partial charge in [-0.05, 0) is 70.6 Å². The van der Waals surface area contributed by atoms with Crippen LogP contribution >= 0.6 is 7.82 Å². The van der Waals surface area contributed by atoms with Gasteiger partial charge in [-0.15, -0.1) is 0 Å². The first-order valence-corrected chi connectivity index (χ1v) is 28.3. The number of carbonyl (C=O) groups is 2. The molecule has 0 fully saturated rings. The van der Waals surface area contributed by atoms with Gasteiger partial charge in [-0.1, -0.05) is 214 Å². The topological polar surface area (TPSA) is 108 Å². The van der Waals surface area contributed by atoms with E-state index in [0.717, 1.165) is 96.3 Å². The molecule has 0 amide bonds. The number of phosphoric acid groups is 1. The number of phosphoric ester groups is 1. The average molecular weight is 959 g/mol. The molecule has 0 radical (unpaired) electrons. The van der Waals surface area contributed by atoms with Gasteiger partial charge < -0.3 is 18.9 Å². The van der Waals surface area contributed by atoms with E-state index >= 15 is 0 Å². The Bertz CT molecular complexity index is 1410. The SMILES string of the molecule is CC/C=C\C/C=C\C/C=C\C/C=C\C/C=C\C/C=C\C/C=C\CCCCCCCC(=O)OC(COC(=O)CCCCCCCCCCCCCCCCCC)COP(=O)(O)OCC[N+](C)(C)C. The zero-order valence-electron chi connectivity index (χ0n) is 43.6. The van der Waals surface area contributed by atoms with E-state index in [4.69, 9.17) is 18.5 Å². The largest absolute Gasteiger partial charge is 0.472 e. The molecule has 0 saturated carbocycles. The van der Waals surface area contributed by atoms with Crippen LogP contribution in [0.2, 0.25) is 0 Å². The predicted molar refractivity (Wildman–Crippen MR) is 284 cm³/mol. The zero-order valence-corrected chi connectivity index (χ0v) is 44.5. The average Bonchev–Trinajstić information content (AvgIpc) is 3.29. The van der Waals surface area contributed by atoms with Crippen LogP contribution in [0.1, 0.15) is 213 Å². The van der Waals surface area contributed by atoms with Crippen molar-refractivity contribution in [1.29, 1.82) is 0 Å². The molecule has 0 spiro atoms. The minimum Gasteiger partial charge on any atom is -0.462 e. The van der Waals surface area contributed by atoms with Crippen LogP contribution in [0.5, 0.6) is 0 Å². The number of quaternary nitrogens is 1. The van der Waals surface area contributed by atoms with Crippen LogP contribution in [0.3, 0.4) is 0 Å². The Labute approximate surface area is 411 Å². The van der Waals surface area contributed by atoms with Gasteiger partial charge in [0.05, 0.1) is 27.7 Å². The third-order valence-electron chi connectivity index (χ3n) is 11.2. The zero-order chi connectivity index (χ0) is 49.2. The van der Waals surface area contributed by atoms with Gasteiger partial charge in [0.2, 0.25) is 0 Å². The molecular weight excluding hydrogens is 858 g/mol. The van der Waals surface area contributed by atoms with Gasteiger partial charge in [0.1, 0.15) is 19.8 Å². The Kier molecular flexibility index (Phi) is 46.2. The van der Waals surface area contributed by atoms with E-state index in [0.29, 0.717) is 17.4 Å². The first-order valence-electron chi connectivity index (χ1n) is 26.8. The number of unbranched alkanes of at least 4 members (excludes halogenated alkanes) is 20. The second-order valence-electron chi connectivity index (χ2n) is 18.9. The summed E-state index contributed by atoms with van der Waals surface area (Å²) in [4.78, 5) is 35.6. The Balaban J connectivity index is 4.28. The number of allylic oxidation sites excluding steroid dienone is 14. The predicted octanol–water partition coefficient (Wildman–Crippen LogP) is 16.3. The van der Waals surface area contributed by atoms with E-state index in [-0.39, 0.29) is 32.0 Å². The summed E-state index contributed by atoms with van der Waals surface area (Å²) in [5.41, 5.74) is 0. The molecule has 0 heterocycles. The van der Waals surface area contributed by atoms with Gasteiger partial charge in [0.25, 0.3) is 0 Å². The molecule has 0 aromatic heterocycles. The van der Waals surface area contributed by atoms with Crippen molar-refractivity contribution in [3.63, 3.8) is 0 Å². The molecule has 0 rings (SSSR count). The summed E-state index contributed by atoms with van der Waals surface area (Å²) >= 11 is 0. The molecule has 2 unspecified atom stereocenters. The molecule has 9 nitrogen and oxygen atoms in total. The van der Waals surface area contributed by atoms with Gasteiger partial charge in [-0.25, -0.2) is 4.57 Å². The highest BCUT2D eigenvalue weighted by atomic mass is 31.2. The quantitative estimate of drug-likeness (QED) is 0.0211. The standard InChI is InChI=1S/C57H100NO8P/c1-6-8-10-12-14-16-18-20-22-24-25-26-27-28-29-30-31-32-33-34-36-38-40-42-44-46-48-50-57(60)66-55(54-65-67(61,62)64-52-51-58(3,4)5)53-63-56(59)49-47-45-43-41-39-37-35-23-21-19-17-15-13-11-9-7-2/h8,10,14,16,20,22,25-26,28-29,31-32,34,36,55H,6-7,9,11-13,15,17-19,21,23-24,27,30,33,35,37-54H2,1-5H3/p+1/b10-8-,16-14-,22-20-,26-25-,29-28-,32-31-,36-34-. The Morgan fingerprint density at radius 3 is 1.27 bits per heavy atom. The van der Waals surface area contributed by atoms with E-state index in [2.05, 4.69) is 98.9 Å². The molecule has 10 heteroatoms. The summed E-state index contributed by atoms with van der Waals surface area (Å²) < 4.78 is 34.5. The summed E-state index contributed by atoms with van der Waals surface area (Å²) in [6.45, 7) is 4.30. The lowest BCUT2D eigenvalue weighted by molar-refractivity contribution is -0.870. The smallest absolute Gasteiger partial charge is 0.462 e. The van der Waals surface area contributed by atoms with E-state index in [1.807, 2.05) is 21.1 Å². The van der Waals surface area contributed by atoms with Crippen LogP contribution in [0.15, 0.2) is 85.1 Å². The molecule has 0 aliphatic rings. The minimum atomic E-state index is -4.39. The Hall–Kier alpha value is -2.81. The molecule has 0 aromatic rings. The van der Waals surface area contributed by atoms with Gasteiger partial charge in [-0.2, -0.15) is 0 Å². The van der Waals surface area contributed by atoms with Gasteiger partial charge in [0.15, 0.2) is 6.10 Å². The molecule has 1 N–H and O–H groups in total. The number of rotatable bonds is 48. The van der Waals surface area contributed by atoms with Crippen LogP contribution in [0.4, 0.5) is 0 Å². The van der Waals surface area contributed by atoms with E-state index in [1.54, 1.807) is 0 Å². The first-order chi connectivity index (χ1) is 32.5. The summed E-state index contributed by atoms with van der Waals surface area (Å²) in [5, 5.41) is 0. The maximum Gasteiger partial charge on any atom is 0.472 e. The van der Waals surface area contributed by atoms with Crippen molar-refractivity contribution in [2.75, 3.05) is 47.5 Å². The summed E-state index contributed by atoms with van der Waals surface area (Å²) in [7, 11) is 1.46. The molecular formula is C57H101NO8P+. The summed E-state index contributed by atoms with van der Waals surface area (Å²) in [5.74, 6) is -0.820. The Morgan fingerprint density at radius 1 is 0.478 bits per heavy atom. The second-order valence-corrected chi connectivity index (χ2v) is 20.3. The van der Waals surface area contributed by atoms with E-state index < -0.39 is 26.5 Å². The highest BCUT2D eigenvalue weighted by Crippen LogP contribution is 2.43. The van der Waals surface area contributed by atoms with Crippen LogP contribution < -0.4 is 0 Å². The number of nitrogens with zero attached hydrogens (tertiary/aromatic N) is 1. The third-order valence-corrected chi connectivity index (χ3v) is 12.2. The third kappa shape index (κ3) is 52.4. The molecule has 0 bridgehead atoms. The van der Waals surface area contributed by atoms with Crippen LogP contribution in [0, 0.1) is 0 Å². The van der Waals surface area contributed by atoms with Crippen molar-refractivity contribution in [2.45, 2.75) is 219 Å². The van der Waals surface area contributed by atoms with E-state index in [9.17, 15) is 19.0 Å². The van der Waals surface area contributed by atoms with Crippen LogP contribution in [-0.2, 0) is 32.7 Å². The van der Waals surface area contributed by atoms with E-state index in [1.165, 1.54) is 83.5 Å². The minimum absolute atomic E-state index is 0.0244. The molecule has 67 heavy (non-hydrogen) atoms. The van der Waals surface area contributed by atoms with Crippen molar-refractivity contribution in [3.8, 4) is 0 Å². The Morgan fingerprint density at radius 2 is 0.851 bits per heavy atom. The fraction of sp³-hybridized carbons (Fsp3) is 0.719. The van der Waals surface area contributed by atoms with Crippen LogP contribution in [-0.4, -0.2) is 74.9 Å². The lowest BCUT2D eigenvalue weighted by atomic mass is 10.0. The lowest BCUT2D eigenvalue weighted by Gasteiger charge is -2.24. The van der Waals surface area contributed by atoms with Crippen molar-refractivity contribution < 1.29 is 42.1 Å². The first kappa shape index (κ1) is 64.2. The normalized spacial score (nSPS) is 14.1. The number of hydrogen-bond acceptors (Lipinski definition) is 7. The molecule has 2 atom stereocenters. The molecule has 0 aromatic carbocycles. The van der Waals surface area contributed by atoms with Gasteiger partial charge >= 0.3 is 19.8 Å². The molecule has 0 aliphatic carbocycles. The van der Waals surface area contributed by atoms with Gasteiger partial charge in [-0.3, -0.25) is 18.6 Å². The summed E-state index contributed by atoms with van der Waals surface area (Å²) in [6.07, 6.45) is 63.5. The van der Waals surface area contributed by atoms with Crippen molar-refractivity contribution >= 4 is 19.8 Å². The molecule has 0 saturated heterocycles.